The number of halogens is 2. The van der Waals surface area contributed by atoms with Crippen LogP contribution in [0.5, 0.6) is 5.75 Å². The van der Waals surface area contributed by atoms with Crippen LogP contribution in [0.3, 0.4) is 0 Å². The number of fused-ring (bicyclic) bond motifs is 1. The summed E-state index contributed by atoms with van der Waals surface area (Å²) in [5.41, 5.74) is -0.125. The third-order valence-corrected chi connectivity index (χ3v) is 4.98. The summed E-state index contributed by atoms with van der Waals surface area (Å²) in [7, 11) is 1.46. The van der Waals surface area contributed by atoms with Crippen molar-refractivity contribution < 1.29 is 14.3 Å². The second kappa shape index (κ2) is 9.58. The highest BCUT2D eigenvalue weighted by Gasteiger charge is 2.22. The molecule has 1 aliphatic rings. The Morgan fingerprint density at radius 3 is 2.54 bits per heavy atom. The van der Waals surface area contributed by atoms with Crippen molar-refractivity contribution in [1.82, 2.24) is 20.2 Å². The Kier molecular flexibility index (Phi) is 7.68. The summed E-state index contributed by atoms with van der Waals surface area (Å²) in [5.74, 6) is 0.329. The van der Waals surface area contributed by atoms with Gasteiger partial charge in [-0.05, 0) is 42.8 Å². The Balaban J connectivity index is 0.000000203. The minimum absolute atomic E-state index is 0.200. The predicted molar refractivity (Wildman–Crippen MR) is 112 cm³/mol. The van der Waals surface area contributed by atoms with Crippen LogP contribution < -0.4 is 15.6 Å². The third kappa shape index (κ3) is 5.83. The number of H-pyrrole nitrogens is 1. The number of amides is 1. The molecule has 1 fully saturated rings. The number of nitrogens with one attached hydrogen (secondary N) is 2. The van der Waals surface area contributed by atoms with Crippen LogP contribution in [-0.4, -0.2) is 59.9 Å². The molecule has 1 aliphatic heterocycles. The lowest BCUT2D eigenvalue weighted by atomic mass is 10.2. The summed E-state index contributed by atoms with van der Waals surface area (Å²) in [5, 5.41) is 3.90. The highest BCUT2D eigenvalue weighted by Crippen LogP contribution is 2.36. The molecule has 0 atom stereocenters. The van der Waals surface area contributed by atoms with E-state index in [1.54, 1.807) is 11.0 Å². The SMILES string of the molecule is CC(C)(C)OC(=O)N1CCNCC1.COc1c(Cl)c(Br)cc2nc[nH]c(=O)c12. The molecule has 2 heterocycles. The van der Waals surface area contributed by atoms with Crippen molar-refractivity contribution in [3.05, 3.63) is 32.2 Å². The van der Waals surface area contributed by atoms with Gasteiger partial charge in [0.25, 0.3) is 5.56 Å². The van der Waals surface area contributed by atoms with Gasteiger partial charge in [0.05, 0.1) is 24.0 Å². The first-order chi connectivity index (χ1) is 13.1. The molecule has 0 unspecified atom stereocenters. The van der Waals surface area contributed by atoms with Gasteiger partial charge >= 0.3 is 6.09 Å². The van der Waals surface area contributed by atoms with E-state index in [2.05, 4.69) is 31.2 Å². The molecule has 0 bridgehead atoms. The fraction of sp³-hybridized carbons (Fsp3) is 0.500. The number of carbonyl (C=O) groups excluding carboxylic acids is 1. The Labute approximate surface area is 176 Å². The van der Waals surface area contributed by atoms with Crippen molar-refractivity contribution in [3.63, 3.8) is 0 Å². The zero-order chi connectivity index (χ0) is 20.9. The van der Waals surface area contributed by atoms with Crippen molar-refractivity contribution in [2.75, 3.05) is 33.3 Å². The summed E-state index contributed by atoms with van der Waals surface area (Å²) < 4.78 is 11.0. The Hall–Kier alpha value is -1.84. The highest BCUT2D eigenvalue weighted by molar-refractivity contribution is 9.10. The molecule has 154 valence electrons. The van der Waals surface area contributed by atoms with Crippen molar-refractivity contribution in [3.8, 4) is 5.75 Å². The standard InChI is InChI=1S/C9H6BrClN2O2.C9H18N2O2/c1-15-8-6-5(2-4(10)7(8)11)12-3-13-9(6)14;1-9(2,3)13-8(12)11-6-4-10-5-7-11/h2-3H,1H3,(H,12,13,14);10H,4-7H2,1-3H3. The minimum atomic E-state index is -0.387. The van der Waals surface area contributed by atoms with Gasteiger partial charge in [-0.25, -0.2) is 9.78 Å². The molecular weight excluding hydrogens is 452 g/mol. The van der Waals surface area contributed by atoms with Crippen LogP contribution in [0.25, 0.3) is 10.9 Å². The maximum atomic E-state index is 11.6. The van der Waals surface area contributed by atoms with E-state index in [1.165, 1.54) is 13.4 Å². The number of nitrogens with zero attached hydrogens (tertiary/aromatic N) is 2. The molecule has 2 aromatic rings. The van der Waals surface area contributed by atoms with Crippen LogP contribution in [0.1, 0.15) is 20.8 Å². The van der Waals surface area contributed by atoms with Gasteiger partial charge in [-0.3, -0.25) is 4.79 Å². The molecule has 1 saturated heterocycles. The van der Waals surface area contributed by atoms with Gasteiger partial charge in [0.15, 0.2) is 5.75 Å². The van der Waals surface area contributed by atoms with E-state index < -0.39 is 0 Å². The first-order valence-electron chi connectivity index (χ1n) is 8.72. The van der Waals surface area contributed by atoms with Crippen LogP contribution in [0, 0.1) is 0 Å². The van der Waals surface area contributed by atoms with Crippen molar-refractivity contribution >= 4 is 44.5 Å². The van der Waals surface area contributed by atoms with Crippen LogP contribution in [0.15, 0.2) is 21.7 Å². The third-order valence-electron chi connectivity index (χ3n) is 3.75. The fourth-order valence-electron chi connectivity index (χ4n) is 2.51. The lowest BCUT2D eigenvalue weighted by Crippen LogP contribution is -2.48. The normalized spacial score (nSPS) is 14.3. The maximum absolute atomic E-state index is 11.6. The largest absolute Gasteiger partial charge is 0.494 e. The molecule has 1 amide bonds. The van der Waals surface area contributed by atoms with Gasteiger partial charge < -0.3 is 24.7 Å². The number of benzene rings is 1. The molecule has 28 heavy (non-hydrogen) atoms. The first-order valence-corrected chi connectivity index (χ1v) is 9.89. The smallest absolute Gasteiger partial charge is 0.410 e. The number of aromatic nitrogens is 2. The van der Waals surface area contributed by atoms with E-state index >= 15 is 0 Å². The molecule has 10 heteroatoms. The van der Waals surface area contributed by atoms with Crippen molar-refractivity contribution in [2.45, 2.75) is 26.4 Å². The van der Waals surface area contributed by atoms with Gasteiger partial charge in [0, 0.05) is 30.7 Å². The van der Waals surface area contributed by atoms with Crippen molar-refractivity contribution in [2.24, 2.45) is 0 Å². The molecule has 1 aromatic carbocycles. The molecule has 0 spiro atoms. The predicted octanol–water partition coefficient (Wildman–Crippen LogP) is 3.17. The molecular formula is C18H24BrClN4O4. The minimum Gasteiger partial charge on any atom is -0.494 e. The second-order valence-electron chi connectivity index (χ2n) is 7.05. The van der Waals surface area contributed by atoms with E-state index in [1.807, 2.05) is 20.8 Å². The fourth-order valence-corrected chi connectivity index (χ4v) is 3.13. The highest BCUT2D eigenvalue weighted by atomic mass is 79.9. The summed E-state index contributed by atoms with van der Waals surface area (Å²) in [6.45, 7) is 8.86. The average Bonchev–Trinajstić information content (AvgIpc) is 2.63. The summed E-state index contributed by atoms with van der Waals surface area (Å²) >= 11 is 9.26. The zero-order valence-corrected chi connectivity index (χ0v) is 18.6. The van der Waals surface area contributed by atoms with Gasteiger partial charge in [-0.2, -0.15) is 0 Å². The lowest BCUT2D eigenvalue weighted by molar-refractivity contribution is 0.0229. The van der Waals surface area contributed by atoms with Crippen LogP contribution in [0.4, 0.5) is 4.79 Å². The number of rotatable bonds is 1. The average molecular weight is 476 g/mol. The number of carbonyl (C=O) groups is 1. The van der Waals surface area contributed by atoms with Gasteiger partial charge in [-0.1, -0.05) is 11.6 Å². The van der Waals surface area contributed by atoms with E-state index in [9.17, 15) is 9.59 Å². The molecule has 1 aromatic heterocycles. The van der Waals surface area contributed by atoms with Crippen LogP contribution in [-0.2, 0) is 4.74 Å². The first kappa shape index (κ1) is 22.4. The number of ether oxygens (including phenoxy) is 2. The van der Waals surface area contributed by atoms with E-state index in [4.69, 9.17) is 21.1 Å². The molecule has 0 saturated carbocycles. The second-order valence-corrected chi connectivity index (χ2v) is 8.28. The number of aromatic amines is 1. The number of hydrogen-bond acceptors (Lipinski definition) is 6. The summed E-state index contributed by atoms with van der Waals surface area (Å²) in [6.07, 6.45) is 1.14. The van der Waals surface area contributed by atoms with Gasteiger partial charge in [-0.15, -0.1) is 0 Å². The lowest BCUT2D eigenvalue weighted by Gasteiger charge is -2.30. The maximum Gasteiger partial charge on any atom is 0.410 e. The van der Waals surface area contributed by atoms with Gasteiger partial charge in [0.2, 0.25) is 0 Å². The summed E-state index contributed by atoms with van der Waals surface area (Å²) in [4.78, 5) is 31.3. The number of hydrogen-bond donors (Lipinski definition) is 2. The zero-order valence-electron chi connectivity index (χ0n) is 16.3. The quantitative estimate of drug-likeness (QED) is 0.658. The van der Waals surface area contributed by atoms with Crippen LogP contribution in [0.2, 0.25) is 5.02 Å². The van der Waals surface area contributed by atoms with E-state index in [0.717, 1.165) is 26.2 Å². The molecule has 2 N–H and O–H groups in total. The monoisotopic (exact) mass is 474 g/mol. The van der Waals surface area contributed by atoms with E-state index in [-0.39, 0.29) is 17.3 Å². The Morgan fingerprint density at radius 1 is 1.32 bits per heavy atom. The molecule has 3 rings (SSSR count). The molecule has 8 nitrogen and oxygen atoms in total. The van der Waals surface area contributed by atoms with Crippen molar-refractivity contribution in [1.29, 1.82) is 0 Å². The number of methoxy groups -OCH3 is 1. The van der Waals surface area contributed by atoms with Gasteiger partial charge in [0.1, 0.15) is 11.0 Å². The molecule has 0 radical (unpaired) electrons. The number of piperazine rings is 1. The summed E-state index contributed by atoms with van der Waals surface area (Å²) in [6, 6.07) is 1.68. The Morgan fingerprint density at radius 2 is 1.96 bits per heavy atom. The van der Waals surface area contributed by atoms with Crippen LogP contribution >= 0.6 is 27.5 Å². The molecule has 0 aliphatic carbocycles. The topological polar surface area (TPSA) is 96.5 Å². The Bertz CT molecular complexity index is 892. The van der Waals surface area contributed by atoms with E-state index in [0.29, 0.717) is 26.1 Å².